The lowest BCUT2D eigenvalue weighted by Gasteiger charge is -2.31. The summed E-state index contributed by atoms with van der Waals surface area (Å²) in [6.45, 7) is 12.1. The van der Waals surface area contributed by atoms with Crippen LogP contribution in [0, 0.1) is 0 Å². The van der Waals surface area contributed by atoms with Crippen molar-refractivity contribution in [1.82, 2.24) is 9.55 Å². The van der Waals surface area contributed by atoms with Crippen molar-refractivity contribution in [1.29, 1.82) is 0 Å². The molecule has 70 heavy (non-hydrogen) atoms. The number of aryl methyl sites for hydroxylation is 2. The van der Waals surface area contributed by atoms with Crippen LogP contribution in [-0.4, -0.2) is 71.3 Å². The van der Waals surface area contributed by atoms with Gasteiger partial charge in [-0.2, -0.15) is 0 Å². The van der Waals surface area contributed by atoms with Gasteiger partial charge in [0.1, 0.15) is 5.82 Å². The Morgan fingerprint density at radius 1 is 0.443 bits per heavy atom. The van der Waals surface area contributed by atoms with Crippen LogP contribution < -0.4 is 0 Å². The third-order valence-corrected chi connectivity index (χ3v) is 12.0. The second-order valence-corrected chi connectivity index (χ2v) is 16.2. The number of rotatable bonds is 17. The Balaban J connectivity index is 1.53. The van der Waals surface area contributed by atoms with Crippen LogP contribution in [0.1, 0.15) is 111 Å². The van der Waals surface area contributed by atoms with E-state index in [9.17, 15) is 19.2 Å². The van der Waals surface area contributed by atoms with Crippen molar-refractivity contribution >= 4 is 35.3 Å². The van der Waals surface area contributed by atoms with Gasteiger partial charge in [-0.1, -0.05) is 111 Å². The van der Waals surface area contributed by atoms with Crippen molar-refractivity contribution in [2.75, 3.05) is 26.4 Å². The van der Waals surface area contributed by atoms with Crippen LogP contribution in [0.4, 0.5) is 0 Å². The van der Waals surface area contributed by atoms with Crippen LogP contribution in [0.2, 0.25) is 0 Å². The molecule has 0 atom stereocenters. The fraction of sp³-hybridized carbons (Fsp3) is 0.224. The molecule has 8 rings (SSSR count). The Hall–Kier alpha value is -8.25. The van der Waals surface area contributed by atoms with E-state index in [0.29, 0.717) is 86.0 Å². The number of nitrogens with zero attached hydrogens (tertiary/aromatic N) is 4. The van der Waals surface area contributed by atoms with Crippen molar-refractivity contribution < 1.29 is 38.1 Å². The topological polar surface area (TPSA) is 148 Å². The summed E-state index contributed by atoms with van der Waals surface area (Å²) in [6.07, 6.45) is 1.30. The van der Waals surface area contributed by atoms with Gasteiger partial charge in [-0.3, -0.25) is 4.57 Å². The fourth-order valence-electron chi connectivity index (χ4n) is 8.68. The minimum atomic E-state index is -1.63. The summed E-state index contributed by atoms with van der Waals surface area (Å²) in [6, 6.07) is 44.8. The Morgan fingerprint density at radius 3 is 1.23 bits per heavy atom. The lowest BCUT2D eigenvalue weighted by Crippen LogP contribution is -2.32. The van der Waals surface area contributed by atoms with E-state index < -0.39 is 29.7 Å². The number of carbonyl (C=O) groups is 4. The smallest absolute Gasteiger partial charge is 0.338 e. The monoisotopic (exact) mass is 934 g/mol. The highest BCUT2D eigenvalue weighted by Gasteiger charge is 2.46. The normalized spacial score (nSPS) is 12.7. The molecule has 12 heteroatoms. The molecule has 0 fully saturated rings. The summed E-state index contributed by atoms with van der Waals surface area (Å²) in [5.41, 5.74) is 10.1. The van der Waals surface area contributed by atoms with Crippen molar-refractivity contribution in [3.63, 3.8) is 0 Å². The quantitative estimate of drug-likeness (QED) is 0.0643. The number of hydrogen-bond donors (Lipinski definition) is 0. The molecule has 1 aliphatic rings. The van der Waals surface area contributed by atoms with Crippen molar-refractivity contribution in [3.05, 3.63) is 196 Å². The summed E-state index contributed by atoms with van der Waals surface area (Å²) in [5.74, 6) is -2.86. The third kappa shape index (κ3) is 9.45. The molecule has 0 amide bonds. The number of esters is 4. The van der Waals surface area contributed by atoms with E-state index in [0.717, 1.165) is 22.3 Å². The highest BCUT2D eigenvalue weighted by molar-refractivity contribution is 6.54. The molecule has 0 unspecified atom stereocenters. The first kappa shape index (κ1) is 48.2. The first-order valence-electron chi connectivity index (χ1n) is 23.7. The molecule has 0 N–H and O–H groups in total. The Morgan fingerprint density at radius 2 is 0.814 bits per heavy atom. The van der Waals surface area contributed by atoms with E-state index in [-0.39, 0.29) is 26.4 Å². The maximum atomic E-state index is 13.1. The molecule has 0 spiro atoms. The van der Waals surface area contributed by atoms with Crippen LogP contribution >= 0.6 is 0 Å². The number of benzene rings is 6. The van der Waals surface area contributed by atoms with Crippen LogP contribution in [0.25, 0.3) is 33.9 Å². The second kappa shape index (κ2) is 21.4. The molecule has 0 aliphatic carbocycles. The molecule has 12 nitrogen and oxygen atoms in total. The summed E-state index contributed by atoms with van der Waals surface area (Å²) in [7, 11) is 0. The first-order chi connectivity index (χ1) is 34.1. The van der Waals surface area contributed by atoms with E-state index in [1.807, 2.05) is 84.9 Å². The fourth-order valence-corrected chi connectivity index (χ4v) is 8.68. The highest BCUT2D eigenvalue weighted by Crippen LogP contribution is 2.48. The van der Waals surface area contributed by atoms with Crippen LogP contribution in [0.15, 0.2) is 156 Å². The number of ether oxygens (including phenoxy) is 4. The molecular weight excluding hydrogens is 881 g/mol. The molecule has 6 aromatic carbocycles. The first-order valence-corrected chi connectivity index (χ1v) is 23.7. The van der Waals surface area contributed by atoms with Gasteiger partial charge in [-0.25, -0.2) is 34.1 Å². The maximum Gasteiger partial charge on any atom is 0.338 e. The summed E-state index contributed by atoms with van der Waals surface area (Å²) < 4.78 is 23.5. The minimum Gasteiger partial charge on any atom is -0.462 e. The van der Waals surface area contributed by atoms with E-state index in [1.54, 1.807) is 76.2 Å². The zero-order valence-corrected chi connectivity index (χ0v) is 40.2. The summed E-state index contributed by atoms with van der Waals surface area (Å²) in [4.78, 5) is 69.3. The molecule has 1 aliphatic heterocycles. The molecule has 0 bridgehead atoms. The molecule has 0 saturated carbocycles. The van der Waals surface area contributed by atoms with Gasteiger partial charge in [-0.05, 0) is 100 Å². The molecule has 1 aromatic heterocycles. The zero-order chi connectivity index (χ0) is 49.4. The zero-order valence-electron chi connectivity index (χ0n) is 40.2. The molecule has 0 saturated heterocycles. The highest BCUT2D eigenvalue weighted by atomic mass is 16.5. The SMILES string of the molecule is CCOC(=O)c1ccc(C2=NC(c3ccccc3CC)(n3c(-c4ccccc4CC)nc(-c4ccc(C(=O)OCC)cc4)c3-c3ccc(C(=O)OCC)cc3)N=C2c2ccc(C(=O)OCC)cc2)cc1. The predicted octanol–water partition coefficient (Wildman–Crippen LogP) is 11.4. The van der Waals surface area contributed by atoms with Crippen molar-refractivity contribution in [3.8, 4) is 33.9 Å². The third-order valence-electron chi connectivity index (χ3n) is 12.0. The van der Waals surface area contributed by atoms with Gasteiger partial charge < -0.3 is 18.9 Å². The Bertz CT molecular complexity index is 3040. The molecule has 0 radical (unpaired) electrons. The molecular formula is C58H54N4O8. The number of aliphatic imine (C=N–C) groups is 2. The van der Waals surface area contributed by atoms with Gasteiger partial charge in [0.2, 0.25) is 0 Å². The van der Waals surface area contributed by atoms with Crippen LogP contribution in [-0.2, 0) is 37.6 Å². The van der Waals surface area contributed by atoms with Crippen molar-refractivity contribution in [2.45, 2.75) is 60.2 Å². The van der Waals surface area contributed by atoms with E-state index in [1.165, 1.54) is 0 Å². The predicted molar refractivity (Wildman–Crippen MR) is 271 cm³/mol. The minimum absolute atomic E-state index is 0.219. The van der Waals surface area contributed by atoms with E-state index in [2.05, 4.69) is 30.5 Å². The lowest BCUT2D eigenvalue weighted by molar-refractivity contribution is 0.0516. The molecule has 7 aromatic rings. The standard InChI is InChI=1S/C58H54N4O8/c1-7-37-17-13-15-19-47(37)53-59-51(41-25-33-45(34-26-41)56(65)69-11-5)52(42-27-35-46(36-28-42)57(66)70-12-6)62(53)58(48-20-16-14-18-38(48)8-2)60-49(39-21-29-43(30-22-39)54(63)67-9-3)50(61-58)40-23-31-44(32-24-40)55(64)68-10-4/h13-36H,7-12H2,1-6H3. The largest absolute Gasteiger partial charge is 0.462 e. The van der Waals surface area contributed by atoms with Crippen LogP contribution in [0.5, 0.6) is 0 Å². The van der Waals surface area contributed by atoms with Gasteiger partial charge >= 0.3 is 23.9 Å². The van der Waals surface area contributed by atoms with Gasteiger partial charge in [0.15, 0.2) is 0 Å². The van der Waals surface area contributed by atoms with E-state index in [4.69, 9.17) is 33.9 Å². The van der Waals surface area contributed by atoms with E-state index >= 15 is 0 Å². The van der Waals surface area contributed by atoms with Gasteiger partial charge in [0.25, 0.3) is 5.79 Å². The summed E-state index contributed by atoms with van der Waals surface area (Å²) >= 11 is 0. The Labute approximate surface area is 407 Å². The second-order valence-electron chi connectivity index (χ2n) is 16.2. The van der Waals surface area contributed by atoms with Gasteiger partial charge in [0, 0.05) is 33.4 Å². The Kier molecular flexibility index (Phi) is 14.7. The van der Waals surface area contributed by atoms with Crippen molar-refractivity contribution in [2.24, 2.45) is 9.98 Å². The molecule has 2 heterocycles. The molecule has 354 valence electrons. The number of aromatic nitrogens is 2. The maximum absolute atomic E-state index is 13.1. The average Bonchev–Trinajstić information content (AvgIpc) is 4.00. The average molecular weight is 935 g/mol. The van der Waals surface area contributed by atoms with Gasteiger partial charge in [-0.15, -0.1) is 0 Å². The number of imidazole rings is 1. The lowest BCUT2D eigenvalue weighted by atomic mass is 9.96. The van der Waals surface area contributed by atoms with Crippen LogP contribution in [0.3, 0.4) is 0 Å². The number of carbonyl (C=O) groups excluding carboxylic acids is 4. The number of hydrogen-bond acceptors (Lipinski definition) is 11. The summed E-state index contributed by atoms with van der Waals surface area (Å²) in [5, 5.41) is 0. The van der Waals surface area contributed by atoms with Gasteiger partial charge in [0.05, 0.1) is 71.5 Å².